The molecular weight excluding hydrogens is 379 g/mol. The minimum atomic E-state index is -0.267. The Bertz CT molecular complexity index is 1000. The van der Waals surface area contributed by atoms with Crippen LogP contribution in [0.2, 0.25) is 0 Å². The predicted octanol–water partition coefficient (Wildman–Crippen LogP) is 4.12. The van der Waals surface area contributed by atoms with E-state index in [2.05, 4.69) is 33.2 Å². The number of halogens is 1. The van der Waals surface area contributed by atoms with E-state index in [-0.39, 0.29) is 17.6 Å². The Kier molecular flexibility index (Phi) is 6.02. The Hall–Kier alpha value is -3.28. The molecule has 0 aliphatic carbocycles. The maximum Gasteiger partial charge on any atom is 0.225 e. The summed E-state index contributed by atoms with van der Waals surface area (Å²) in [6.45, 7) is 4.04. The highest BCUT2D eigenvalue weighted by Gasteiger charge is 2.27. The highest BCUT2D eigenvalue weighted by molar-refractivity contribution is 5.79. The monoisotopic (exact) mass is 404 g/mol. The van der Waals surface area contributed by atoms with E-state index in [0.717, 1.165) is 36.1 Å². The lowest BCUT2D eigenvalue weighted by atomic mass is 9.97. The number of nitrogens with zero attached hydrogens (tertiary/aromatic N) is 3. The van der Waals surface area contributed by atoms with E-state index < -0.39 is 0 Å². The highest BCUT2D eigenvalue weighted by atomic mass is 19.1. The average molecular weight is 404 g/mol. The molecular formula is C24H25FN4O. The van der Waals surface area contributed by atoms with Crippen molar-refractivity contribution in [2.75, 3.05) is 18.0 Å². The van der Waals surface area contributed by atoms with Gasteiger partial charge in [-0.2, -0.15) is 0 Å². The molecule has 0 bridgehead atoms. The lowest BCUT2D eigenvalue weighted by Gasteiger charge is -2.32. The third-order valence-corrected chi connectivity index (χ3v) is 5.61. The van der Waals surface area contributed by atoms with Crippen molar-refractivity contribution in [1.29, 1.82) is 0 Å². The molecule has 1 saturated heterocycles. The molecule has 1 amide bonds. The van der Waals surface area contributed by atoms with Gasteiger partial charge >= 0.3 is 0 Å². The van der Waals surface area contributed by atoms with Crippen LogP contribution in [0.3, 0.4) is 0 Å². The number of carbonyl (C=O) groups is 1. The van der Waals surface area contributed by atoms with Gasteiger partial charge in [-0.05, 0) is 48.6 Å². The number of rotatable bonds is 5. The maximum atomic E-state index is 13.1. The molecule has 1 unspecified atom stereocenters. The highest BCUT2D eigenvalue weighted by Crippen LogP contribution is 2.23. The average Bonchev–Trinajstić information content (AvgIpc) is 2.79. The third kappa shape index (κ3) is 4.64. The number of amides is 1. The first kappa shape index (κ1) is 20.0. The minimum absolute atomic E-state index is 0.0749. The summed E-state index contributed by atoms with van der Waals surface area (Å²) < 4.78 is 13.1. The molecule has 1 atom stereocenters. The first-order chi connectivity index (χ1) is 14.6. The van der Waals surface area contributed by atoms with Crippen LogP contribution >= 0.6 is 0 Å². The number of hydrogen-bond acceptors (Lipinski definition) is 4. The van der Waals surface area contributed by atoms with Crippen molar-refractivity contribution in [2.45, 2.75) is 26.3 Å². The number of aryl methyl sites for hydroxylation is 1. The summed E-state index contributed by atoms with van der Waals surface area (Å²) in [5.74, 6) is 0.350. The summed E-state index contributed by atoms with van der Waals surface area (Å²) >= 11 is 0. The van der Waals surface area contributed by atoms with Crippen LogP contribution in [0.4, 0.5) is 10.3 Å². The standard InChI is InChI=1S/C24H25FN4O/c1-17-5-2-3-6-19(17)13-26-23(30)20-7-4-12-29(16-20)24-27-14-21(15-28-24)18-8-10-22(25)11-9-18/h2-3,5-6,8-11,14-15,20H,4,7,12-13,16H2,1H3,(H,26,30). The van der Waals surface area contributed by atoms with Crippen molar-refractivity contribution in [3.05, 3.63) is 77.9 Å². The van der Waals surface area contributed by atoms with Crippen molar-refractivity contribution >= 4 is 11.9 Å². The van der Waals surface area contributed by atoms with Gasteiger partial charge in [-0.3, -0.25) is 4.79 Å². The molecule has 1 fully saturated rings. The molecule has 3 aromatic rings. The number of anilines is 1. The predicted molar refractivity (Wildman–Crippen MR) is 115 cm³/mol. The molecule has 1 aromatic heterocycles. The second-order valence-electron chi connectivity index (χ2n) is 7.71. The molecule has 1 aliphatic rings. The topological polar surface area (TPSA) is 58.1 Å². The number of nitrogens with one attached hydrogen (secondary N) is 1. The largest absolute Gasteiger partial charge is 0.352 e. The van der Waals surface area contributed by atoms with E-state index >= 15 is 0 Å². The van der Waals surface area contributed by atoms with Crippen molar-refractivity contribution < 1.29 is 9.18 Å². The number of aromatic nitrogens is 2. The van der Waals surface area contributed by atoms with Crippen LogP contribution < -0.4 is 10.2 Å². The molecule has 0 spiro atoms. The van der Waals surface area contributed by atoms with Gasteiger partial charge in [-0.15, -0.1) is 0 Å². The van der Waals surface area contributed by atoms with Gasteiger partial charge in [0, 0.05) is 37.6 Å². The van der Waals surface area contributed by atoms with Gasteiger partial charge in [0.15, 0.2) is 0 Å². The third-order valence-electron chi connectivity index (χ3n) is 5.61. The number of hydrogen-bond donors (Lipinski definition) is 1. The van der Waals surface area contributed by atoms with Crippen LogP contribution in [0.25, 0.3) is 11.1 Å². The number of piperidine rings is 1. The molecule has 6 heteroatoms. The van der Waals surface area contributed by atoms with Crippen LogP contribution in [0, 0.1) is 18.7 Å². The zero-order chi connectivity index (χ0) is 20.9. The van der Waals surface area contributed by atoms with Gasteiger partial charge in [0.1, 0.15) is 5.82 Å². The van der Waals surface area contributed by atoms with Crippen molar-refractivity contribution in [2.24, 2.45) is 5.92 Å². The van der Waals surface area contributed by atoms with Gasteiger partial charge in [-0.1, -0.05) is 36.4 Å². The molecule has 4 rings (SSSR count). The van der Waals surface area contributed by atoms with E-state index in [1.807, 2.05) is 18.2 Å². The molecule has 30 heavy (non-hydrogen) atoms. The van der Waals surface area contributed by atoms with E-state index in [0.29, 0.717) is 19.0 Å². The molecule has 1 N–H and O–H groups in total. The Labute approximate surface area is 176 Å². The lowest BCUT2D eigenvalue weighted by Crippen LogP contribution is -2.43. The van der Waals surface area contributed by atoms with E-state index in [9.17, 15) is 9.18 Å². The molecule has 2 heterocycles. The summed E-state index contributed by atoms with van der Waals surface area (Å²) in [5.41, 5.74) is 4.02. The Morgan fingerprint density at radius 1 is 1.10 bits per heavy atom. The molecule has 1 aliphatic heterocycles. The van der Waals surface area contributed by atoms with Crippen LogP contribution in [0.15, 0.2) is 60.9 Å². The quantitative estimate of drug-likeness (QED) is 0.695. The Balaban J connectivity index is 1.38. The zero-order valence-corrected chi connectivity index (χ0v) is 17.0. The first-order valence-electron chi connectivity index (χ1n) is 10.3. The van der Waals surface area contributed by atoms with Crippen LogP contribution in [0.1, 0.15) is 24.0 Å². The van der Waals surface area contributed by atoms with Gasteiger partial charge in [-0.25, -0.2) is 14.4 Å². The van der Waals surface area contributed by atoms with Gasteiger partial charge in [0.2, 0.25) is 11.9 Å². The maximum absolute atomic E-state index is 13.1. The summed E-state index contributed by atoms with van der Waals surface area (Å²) in [6, 6.07) is 14.4. The van der Waals surface area contributed by atoms with Crippen LogP contribution in [0.5, 0.6) is 0 Å². The Morgan fingerprint density at radius 3 is 2.57 bits per heavy atom. The fourth-order valence-corrected chi connectivity index (χ4v) is 3.78. The SMILES string of the molecule is Cc1ccccc1CNC(=O)C1CCCN(c2ncc(-c3ccc(F)cc3)cn2)C1. The van der Waals surface area contributed by atoms with E-state index in [1.165, 1.54) is 17.7 Å². The molecule has 154 valence electrons. The summed E-state index contributed by atoms with van der Waals surface area (Å²) in [7, 11) is 0. The zero-order valence-electron chi connectivity index (χ0n) is 17.0. The minimum Gasteiger partial charge on any atom is -0.352 e. The normalized spacial score (nSPS) is 16.3. The summed E-state index contributed by atoms with van der Waals surface area (Å²) in [6.07, 6.45) is 5.28. The lowest BCUT2D eigenvalue weighted by molar-refractivity contribution is -0.125. The number of benzene rings is 2. The van der Waals surface area contributed by atoms with E-state index in [1.54, 1.807) is 24.5 Å². The second kappa shape index (κ2) is 9.03. The number of carbonyl (C=O) groups excluding carboxylic acids is 1. The second-order valence-corrected chi connectivity index (χ2v) is 7.71. The van der Waals surface area contributed by atoms with Gasteiger partial charge < -0.3 is 10.2 Å². The molecule has 0 radical (unpaired) electrons. The molecule has 0 saturated carbocycles. The van der Waals surface area contributed by atoms with Crippen LogP contribution in [-0.2, 0) is 11.3 Å². The fraction of sp³-hybridized carbons (Fsp3) is 0.292. The Morgan fingerprint density at radius 2 is 1.83 bits per heavy atom. The van der Waals surface area contributed by atoms with Gasteiger partial charge in [0.25, 0.3) is 0 Å². The van der Waals surface area contributed by atoms with E-state index in [4.69, 9.17) is 0 Å². The van der Waals surface area contributed by atoms with Crippen molar-refractivity contribution in [3.63, 3.8) is 0 Å². The van der Waals surface area contributed by atoms with Crippen molar-refractivity contribution in [3.8, 4) is 11.1 Å². The van der Waals surface area contributed by atoms with Gasteiger partial charge in [0.05, 0.1) is 5.92 Å². The fourth-order valence-electron chi connectivity index (χ4n) is 3.78. The first-order valence-corrected chi connectivity index (χ1v) is 10.3. The molecule has 5 nitrogen and oxygen atoms in total. The summed E-state index contributed by atoms with van der Waals surface area (Å²) in [4.78, 5) is 23.8. The summed E-state index contributed by atoms with van der Waals surface area (Å²) in [5, 5.41) is 3.08. The molecule has 2 aromatic carbocycles. The van der Waals surface area contributed by atoms with Crippen molar-refractivity contribution in [1.82, 2.24) is 15.3 Å². The van der Waals surface area contributed by atoms with Crippen LogP contribution in [-0.4, -0.2) is 29.0 Å². The smallest absolute Gasteiger partial charge is 0.225 e.